The minimum atomic E-state index is -0.109. The van der Waals surface area contributed by atoms with Crippen molar-refractivity contribution in [1.29, 1.82) is 0 Å². The molecule has 0 bridgehead atoms. The standard InChI is InChI=1S/C10H21NO2/c1-9(7-11)10(8-12-2)5-3-4-6-13-10/h9H,3-8,11H2,1-2H3. The van der Waals surface area contributed by atoms with Gasteiger partial charge in [0.2, 0.25) is 0 Å². The van der Waals surface area contributed by atoms with Crippen molar-refractivity contribution in [2.75, 3.05) is 26.9 Å². The lowest BCUT2D eigenvalue weighted by molar-refractivity contribution is -0.143. The number of hydrogen-bond donors (Lipinski definition) is 1. The Morgan fingerprint density at radius 1 is 1.54 bits per heavy atom. The number of ether oxygens (including phenoxy) is 2. The van der Waals surface area contributed by atoms with Gasteiger partial charge >= 0.3 is 0 Å². The van der Waals surface area contributed by atoms with E-state index in [9.17, 15) is 0 Å². The van der Waals surface area contributed by atoms with Crippen LogP contribution in [-0.4, -0.2) is 32.5 Å². The molecule has 1 aliphatic heterocycles. The molecule has 2 N–H and O–H groups in total. The Bertz CT molecular complexity index is 138. The number of hydrogen-bond acceptors (Lipinski definition) is 3. The van der Waals surface area contributed by atoms with Crippen LogP contribution in [0.5, 0.6) is 0 Å². The molecule has 1 heterocycles. The maximum Gasteiger partial charge on any atom is 0.0951 e. The van der Waals surface area contributed by atoms with E-state index in [1.807, 2.05) is 0 Å². The van der Waals surface area contributed by atoms with Crippen LogP contribution < -0.4 is 5.73 Å². The molecule has 1 saturated heterocycles. The second kappa shape index (κ2) is 4.94. The minimum absolute atomic E-state index is 0.109. The van der Waals surface area contributed by atoms with E-state index in [2.05, 4.69) is 6.92 Å². The van der Waals surface area contributed by atoms with E-state index in [4.69, 9.17) is 15.2 Å². The van der Waals surface area contributed by atoms with Crippen LogP contribution in [0.15, 0.2) is 0 Å². The van der Waals surface area contributed by atoms with Gasteiger partial charge in [-0.15, -0.1) is 0 Å². The molecule has 1 rings (SSSR count). The van der Waals surface area contributed by atoms with Gasteiger partial charge in [0, 0.05) is 13.7 Å². The van der Waals surface area contributed by atoms with Crippen molar-refractivity contribution in [1.82, 2.24) is 0 Å². The maximum atomic E-state index is 5.85. The fourth-order valence-electron chi connectivity index (χ4n) is 1.98. The summed E-state index contributed by atoms with van der Waals surface area (Å²) in [5, 5.41) is 0. The van der Waals surface area contributed by atoms with Gasteiger partial charge in [0.1, 0.15) is 0 Å². The third-order valence-corrected chi connectivity index (χ3v) is 3.02. The quantitative estimate of drug-likeness (QED) is 0.718. The molecule has 2 atom stereocenters. The highest BCUT2D eigenvalue weighted by Crippen LogP contribution is 2.31. The van der Waals surface area contributed by atoms with Gasteiger partial charge in [-0.2, -0.15) is 0 Å². The van der Waals surface area contributed by atoms with E-state index in [1.54, 1.807) is 7.11 Å². The second-order valence-electron chi connectivity index (χ2n) is 3.94. The number of nitrogens with two attached hydrogens (primary N) is 1. The first-order chi connectivity index (χ1) is 6.25. The fourth-order valence-corrected chi connectivity index (χ4v) is 1.98. The van der Waals surface area contributed by atoms with E-state index in [0.717, 1.165) is 13.0 Å². The van der Waals surface area contributed by atoms with Crippen LogP contribution in [0.3, 0.4) is 0 Å². The molecule has 13 heavy (non-hydrogen) atoms. The third-order valence-electron chi connectivity index (χ3n) is 3.02. The lowest BCUT2D eigenvalue weighted by Crippen LogP contribution is -2.48. The summed E-state index contributed by atoms with van der Waals surface area (Å²) in [5.74, 6) is 0.382. The molecule has 1 aliphatic rings. The first-order valence-electron chi connectivity index (χ1n) is 5.08. The van der Waals surface area contributed by atoms with Crippen molar-refractivity contribution in [3.8, 4) is 0 Å². The van der Waals surface area contributed by atoms with Gasteiger partial charge in [0.25, 0.3) is 0 Å². The molecular weight excluding hydrogens is 166 g/mol. The molecule has 0 aromatic carbocycles. The van der Waals surface area contributed by atoms with Gasteiger partial charge in [0.15, 0.2) is 0 Å². The topological polar surface area (TPSA) is 44.5 Å². The Labute approximate surface area is 80.6 Å². The third kappa shape index (κ3) is 2.42. The van der Waals surface area contributed by atoms with Crippen molar-refractivity contribution in [2.24, 2.45) is 11.7 Å². The van der Waals surface area contributed by atoms with Crippen molar-refractivity contribution in [2.45, 2.75) is 31.8 Å². The van der Waals surface area contributed by atoms with Crippen LogP contribution in [0.4, 0.5) is 0 Å². The molecule has 78 valence electrons. The highest BCUT2D eigenvalue weighted by atomic mass is 16.5. The summed E-state index contributed by atoms with van der Waals surface area (Å²) in [6, 6.07) is 0. The summed E-state index contributed by atoms with van der Waals surface area (Å²) in [6.07, 6.45) is 3.48. The zero-order chi connectivity index (χ0) is 9.73. The van der Waals surface area contributed by atoms with Crippen molar-refractivity contribution < 1.29 is 9.47 Å². The Morgan fingerprint density at radius 2 is 2.31 bits per heavy atom. The van der Waals surface area contributed by atoms with E-state index < -0.39 is 0 Å². The first-order valence-corrected chi connectivity index (χ1v) is 5.08. The molecule has 3 heteroatoms. The van der Waals surface area contributed by atoms with E-state index in [-0.39, 0.29) is 5.60 Å². The molecule has 2 unspecified atom stereocenters. The van der Waals surface area contributed by atoms with Gasteiger partial charge < -0.3 is 15.2 Å². The zero-order valence-corrected chi connectivity index (χ0v) is 8.71. The van der Waals surface area contributed by atoms with Crippen LogP contribution in [0.25, 0.3) is 0 Å². The molecule has 0 spiro atoms. The Hall–Kier alpha value is -0.120. The van der Waals surface area contributed by atoms with Gasteiger partial charge in [-0.3, -0.25) is 0 Å². The Balaban J connectivity index is 2.60. The SMILES string of the molecule is COCC1(C(C)CN)CCCCO1. The summed E-state index contributed by atoms with van der Waals surface area (Å²) in [7, 11) is 1.73. The Kier molecular flexibility index (Phi) is 4.16. The molecule has 1 fully saturated rings. The van der Waals surface area contributed by atoms with Crippen molar-refractivity contribution in [3.05, 3.63) is 0 Å². The predicted molar refractivity (Wildman–Crippen MR) is 52.6 cm³/mol. The molecule has 0 aromatic rings. The average Bonchev–Trinajstić information content (AvgIpc) is 2.18. The van der Waals surface area contributed by atoms with E-state index in [0.29, 0.717) is 19.1 Å². The monoisotopic (exact) mass is 187 g/mol. The maximum absolute atomic E-state index is 5.85. The fraction of sp³-hybridized carbons (Fsp3) is 1.00. The summed E-state index contributed by atoms with van der Waals surface area (Å²) in [6.45, 7) is 4.34. The number of methoxy groups -OCH3 is 1. The highest BCUT2D eigenvalue weighted by molar-refractivity contribution is 4.88. The lowest BCUT2D eigenvalue weighted by Gasteiger charge is -2.41. The van der Waals surface area contributed by atoms with Crippen molar-refractivity contribution >= 4 is 0 Å². The van der Waals surface area contributed by atoms with Crippen LogP contribution >= 0.6 is 0 Å². The first kappa shape index (κ1) is 11.0. The van der Waals surface area contributed by atoms with Gasteiger partial charge in [0.05, 0.1) is 12.2 Å². The minimum Gasteiger partial charge on any atom is -0.382 e. The molecule has 3 nitrogen and oxygen atoms in total. The van der Waals surface area contributed by atoms with Gasteiger partial charge in [-0.25, -0.2) is 0 Å². The van der Waals surface area contributed by atoms with Crippen LogP contribution in [-0.2, 0) is 9.47 Å². The molecule has 0 aliphatic carbocycles. The van der Waals surface area contributed by atoms with E-state index in [1.165, 1.54) is 12.8 Å². The van der Waals surface area contributed by atoms with E-state index >= 15 is 0 Å². The summed E-state index contributed by atoms with van der Waals surface area (Å²) >= 11 is 0. The summed E-state index contributed by atoms with van der Waals surface area (Å²) < 4.78 is 11.1. The molecular formula is C10H21NO2. The zero-order valence-electron chi connectivity index (χ0n) is 8.71. The van der Waals surface area contributed by atoms with Gasteiger partial charge in [-0.05, 0) is 31.7 Å². The molecule has 0 radical (unpaired) electrons. The van der Waals surface area contributed by atoms with Crippen LogP contribution in [0.1, 0.15) is 26.2 Å². The molecule has 0 aromatic heterocycles. The largest absolute Gasteiger partial charge is 0.382 e. The summed E-state index contributed by atoms with van der Waals surface area (Å²) in [4.78, 5) is 0. The van der Waals surface area contributed by atoms with Crippen molar-refractivity contribution in [3.63, 3.8) is 0 Å². The molecule has 0 amide bonds. The lowest BCUT2D eigenvalue weighted by atomic mass is 9.83. The predicted octanol–water partition coefficient (Wildman–Crippen LogP) is 1.17. The smallest absolute Gasteiger partial charge is 0.0951 e. The van der Waals surface area contributed by atoms with Crippen LogP contribution in [0, 0.1) is 5.92 Å². The normalized spacial score (nSPS) is 31.6. The Morgan fingerprint density at radius 3 is 2.77 bits per heavy atom. The van der Waals surface area contributed by atoms with Gasteiger partial charge in [-0.1, -0.05) is 6.92 Å². The second-order valence-corrected chi connectivity index (χ2v) is 3.94. The highest BCUT2D eigenvalue weighted by Gasteiger charge is 2.38. The molecule has 0 saturated carbocycles. The summed E-state index contributed by atoms with van der Waals surface area (Å²) in [5.41, 5.74) is 5.57. The average molecular weight is 187 g/mol. The van der Waals surface area contributed by atoms with Crippen LogP contribution in [0.2, 0.25) is 0 Å². The number of rotatable bonds is 4.